The summed E-state index contributed by atoms with van der Waals surface area (Å²) in [7, 11) is 1.76. The molecular formula is C30H41NO4. The van der Waals surface area contributed by atoms with Gasteiger partial charge in [0, 0.05) is 48.5 Å². The van der Waals surface area contributed by atoms with Crippen LogP contribution < -0.4 is 4.90 Å². The first kappa shape index (κ1) is 30.0. The van der Waals surface area contributed by atoms with Crippen molar-refractivity contribution < 1.29 is 19.2 Å². The summed E-state index contributed by atoms with van der Waals surface area (Å²) in [5, 5.41) is 0. The van der Waals surface area contributed by atoms with Gasteiger partial charge in [-0.1, -0.05) is 52.8 Å². The number of hydrogen-bond acceptors (Lipinski definition) is 4. The number of aryl methyl sites for hydroxylation is 1. The van der Waals surface area contributed by atoms with Crippen LogP contribution in [-0.2, 0) is 16.0 Å². The van der Waals surface area contributed by atoms with Crippen LogP contribution >= 0.6 is 0 Å². The van der Waals surface area contributed by atoms with Crippen LogP contribution in [0.3, 0.4) is 0 Å². The Bertz CT molecular complexity index is 997. The van der Waals surface area contributed by atoms with Gasteiger partial charge in [-0.3, -0.25) is 19.2 Å². The molecule has 35 heavy (non-hydrogen) atoms. The average Bonchev–Trinajstić information content (AvgIpc) is 2.89. The number of rotatable bonds is 11. The van der Waals surface area contributed by atoms with Gasteiger partial charge in [-0.25, -0.2) is 0 Å². The molecule has 0 N–H and O–H groups in total. The molecule has 2 atom stereocenters. The maximum Gasteiger partial charge on any atom is 0.258 e. The van der Waals surface area contributed by atoms with Gasteiger partial charge in [-0.15, -0.1) is 0 Å². The number of Topliss-reactive ketones (excluding diaryl/α,β-unsaturated/α-hetero) is 3. The fourth-order valence-corrected chi connectivity index (χ4v) is 3.42. The molecule has 190 valence electrons. The highest BCUT2D eigenvalue weighted by Gasteiger charge is 2.19. The second-order valence-electron chi connectivity index (χ2n) is 9.04. The van der Waals surface area contributed by atoms with Gasteiger partial charge in [0.25, 0.3) is 5.91 Å². The molecule has 1 amide bonds. The number of anilines is 1. The van der Waals surface area contributed by atoms with Crippen molar-refractivity contribution in [2.75, 3.05) is 11.9 Å². The van der Waals surface area contributed by atoms with E-state index in [1.54, 1.807) is 31.0 Å². The van der Waals surface area contributed by atoms with Gasteiger partial charge in [0.15, 0.2) is 5.78 Å². The molecule has 0 aliphatic heterocycles. The molecule has 0 aromatic heterocycles. The number of carbonyl (C=O) groups is 4. The maximum absolute atomic E-state index is 12.6. The number of amides is 1. The predicted octanol–water partition coefficient (Wildman–Crippen LogP) is 6.73. The normalized spacial score (nSPS) is 12.1. The molecule has 0 aliphatic carbocycles. The van der Waals surface area contributed by atoms with Crippen LogP contribution in [0.1, 0.15) is 93.5 Å². The first-order valence-electron chi connectivity index (χ1n) is 12.6. The van der Waals surface area contributed by atoms with Crippen LogP contribution in [-0.4, -0.2) is 30.3 Å². The molecule has 0 spiro atoms. The number of ketones is 3. The van der Waals surface area contributed by atoms with Crippen molar-refractivity contribution in [2.45, 2.75) is 73.6 Å². The van der Waals surface area contributed by atoms with E-state index in [0.29, 0.717) is 24.8 Å². The molecule has 5 heteroatoms. The molecular weight excluding hydrogens is 438 g/mol. The summed E-state index contributed by atoms with van der Waals surface area (Å²) in [5.74, 6) is 0.610. The Hall–Kier alpha value is -3.08. The molecule has 0 fully saturated rings. The zero-order chi connectivity index (χ0) is 26.5. The Morgan fingerprint density at radius 3 is 2.03 bits per heavy atom. The van der Waals surface area contributed by atoms with Gasteiger partial charge in [0.1, 0.15) is 11.6 Å². The zero-order valence-corrected chi connectivity index (χ0v) is 22.4. The predicted molar refractivity (Wildman–Crippen MR) is 143 cm³/mol. The van der Waals surface area contributed by atoms with Crippen molar-refractivity contribution in [3.05, 3.63) is 65.2 Å². The minimum atomic E-state index is -0.0568. The highest BCUT2D eigenvalue weighted by Crippen LogP contribution is 2.24. The average molecular weight is 480 g/mol. The first-order valence-corrected chi connectivity index (χ1v) is 12.6. The van der Waals surface area contributed by atoms with Gasteiger partial charge < -0.3 is 4.90 Å². The van der Waals surface area contributed by atoms with Crippen molar-refractivity contribution >= 4 is 28.9 Å². The van der Waals surface area contributed by atoms with Crippen LogP contribution in [0, 0.1) is 11.8 Å². The van der Waals surface area contributed by atoms with Crippen molar-refractivity contribution in [3.63, 3.8) is 0 Å². The van der Waals surface area contributed by atoms with E-state index in [9.17, 15) is 19.2 Å². The van der Waals surface area contributed by atoms with Crippen molar-refractivity contribution in [2.24, 2.45) is 11.8 Å². The van der Waals surface area contributed by atoms with E-state index in [1.165, 1.54) is 0 Å². The third-order valence-electron chi connectivity index (χ3n) is 6.45. The quantitative estimate of drug-likeness (QED) is 0.335. The fourth-order valence-electron chi connectivity index (χ4n) is 3.42. The van der Waals surface area contributed by atoms with Crippen molar-refractivity contribution in [1.82, 2.24) is 0 Å². The molecule has 0 saturated heterocycles. The van der Waals surface area contributed by atoms with Gasteiger partial charge in [-0.2, -0.15) is 0 Å². The van der Waals surface area contributed by atoms with Crippen LogP contribution in [0.5, 0.6) is 0 Å². The molecule has 2 unspecified atom stereocenters. The fraction of sp³-hybridized carbons (Fsp3) is 0.467. The van der Waals surface area contributed by atoms with Gasteiger partial charge in [-0.05, 0) is 62.1 Å². The van der Waals surface area contributed by atoms with E-state index in [-0.39, 0.29) is 35.1 Å². The Morgan fingerprint density at radius 2 is 1.51 bits per heavy atom. The van der Waals surface area contributed by atoms with E-state index >= 15 is 0 Å². The molecule has 5 nitrogen and oxygen atoms in total. The maximum atomic E-state index is 12.6. The third-order valence-corrected chi connectivity index (χ3v) is 6.45. The number of carbonyl (C=O) groups excluding carboxylic acids is 4. The first-order chi connectivity index (χ1) is 16.6. The van der Waals surface area contributed by atoms with Crippen LogP contribution in [0.15, 0.2) is 48.5 Å². The standard InChI is InChI=1S/C21H25NO2.C9H16O2/c1-5-15(3)20(23)19-13-12-18(14-16(19)6-2)22(4)21(24)17-10-8-7-9-11-17;1-4-9(11)6-5-7(2)8(3)10/h7-15H,5-6H2,1-4H3;7H,4-6H2,1-3H3. The Kier molecular flexibility index (Phi) is 12.9. The SMILES string of the molecule is CCC(=O)CCC(C)C(C)=O.CCc1cc(N(C)C(=O)c2ccccc2)ccc1C(=O)C(C)CC. The molecule has 0 heterocycles. The van der Waals surface area contributed by atoms with Gasteiger partial charge in [0.05, 0.1) is 0 Å². The largest absolute Gasteiger partial charge is 0.311 e. The summed E-state index contributed by atoms with van der Waals surface area (Å²) in [4.78, 5) is 48.3. The number of nitrogens with zero attached hydrogens (tertiary/aromatic N) is 1. The molecule has 0 aliphatic rings. The summed E-state index contributed by atoms with van der Waals surface area (Å²) in [6.45, 7) is 11.3. The van der Waals surface area contributed by atoms with Crippen LogP contribution in [0.25, 0.3) is 0 Å². The summed E-state index contributed by atoms with van der Waals surface area (Å²) in [6.07, 6.45) is 3.44. The summed E-state index contributed by atoms with van der Waals surface area (Å²) >= 11 is 0. The Labute approximate surface area is 210 Å². The van der Waals surface area contributed by atoms with Crippen molar-refractivity contribution in [3.8, 4) is 0 Å². The van der Waals surface area contributed by atoms with E-state index < -0.39 is 0 Å². The third kappa shape index (κ3) is 9.23. The number of benzene rings is 2. The molecule has 2 aromatic rings. The number of hydrogen-bond donors (Lipinski definition) is 0. The van der Waals surface area contributed by atoms with Crippen LogP contribution in [0.2, 0.25) is 0 Å². The lowest BCUT2D eigenvalue weighted by molar-refractivity contribution is -0.121. The lowest BCUT2D eigenvalue weighted by Crippen LogP contribution is -2.26. The lowest BCUT2D eigenvalue weighted by Gasteiger charge is -2.20. The Balaban J connectivity index is 0.000000471. The van der Waals surface area contributed by atoms with Gasteiger partial charge >= 0.3 is 0 Å². The highest BCUT2D eigenvalue weighted by atomic mass is 16.2. The van der Waals surface area contributed by atoms with Crippen LogP contribution in [0.4, 0.5) is 5.69 Å². The molecule has 0 radical (unpaired) electrons. The van der Waals surface area contributed by atoms with E-state index in [4.69, 9.17) is 0 Å². The topological polar surface area (TPSA) is 71.5 Å². The van der Waals surface area contributed by atoms with Gasteiger partial charge in [0.2, 0.25) is 0 Å². The highest BCUT2D eigenvalue weighted by molar-refractivity contribution is 6.06. The molecule has 2 rings (SSSR count). The molecule has 0 bridgehead atoms. The smallest absolute Gasteiger partial charge is 0.258 e. The second-order valence-corrected chi connectivity index (χ2v) is 9.04. The second kappa shape index (κ2) is 15.0. The van der Waals surface area contributed by atoms with Crippen molar-refractivity contribution in [1.29, 1.82) is 0 Å². The molecule has 0 saturated carbocycles. The van der Waals surface area contributed by atoms with E-state index in [1.807, 2.05) is 71.0 Å². The zero-order valence-electron chi connectivity index (χ0n) is 22.4. The lowest BCUT2D eigenvalue weighted by atomic mass is 9.92. The van der Waals surface area contributed by atoms with E-state index in [0.717, 1.165) is 29.7 Å². The van der Waals surface area contributed by atoms with E-state index in [2.05, 4.69) is 0 Å². The molecule has 2 aromatic carbocycles. The minimum Gasteiger partial charge on any atom is -0.311 e. The summed E-state index contributed by atoms with van der Waals surface area (Å²) in [6, 6.07) is 14.9. The summed E-state index contributed by atoms with van der Waals surface area (Å²) in [5.41, 5.74) is 3.22. The minimum absolute atomic E-state index is 0.0184. The summed E-state index contributed by atoms with van der Waals surface area (Å²) < 4.78 is 0. The monoisotopic (exact) mass is 479 g/mol. The Morgan fingerprint density at radius 1 is 0.886 bits per heavy atom.